The Hall–Kier alpha value is -2.58. The van der Waals surface area contributed by atoms with Crippen LogP contribution in [0.25, 0.3) is 0 Å². The van der Waals surface area contributed by atoms with Gasteiger partial charge in [0.1, 0.15) is 11.6 Å². The van der Waals surface area contributed by atoms with E-state index in [-0.39, 0.29) is 11.5 Å². The van der Waals surface area contributed by atoms with Crippen molar-refractivity contribution in [1.29, 1.82) is 0 Å². The summed E-state index contributed by atoms with van der Waals surface area (Å²) in [6.07, 6.45) is 0.195. The standard InChI is InChI=1S/C21H27F3N6/c1-14-27-18-8-7-17(12-30(18)29-14)28-19(25-2)26-13-20(9-4-10-20)15-5-3-6-16(11-15)21(22,23)24/h3,5-6,11,17H,4,7-10,12-13H2,1-2H3,(H2,25,26,28). The highest BCUT2D eigenvalue weighted by atomic mass is 19.4. The molecular weight excluding hydrogens is 393 g/mol. The van der Waals surface area contributed by atoms with E-state index < -0.39 is 11.7 Å². The molecule has 162 valence electrons. The highest BCUT2D eigenvalue weighted by Gasteiger charge is 2.40. The molecule has 1 saturated carbocycles. The fourth-order valence-electron chi connectivity index (χ4n) is 4.39. The minimum atomic E-state index is -4.33. The van der Waals surface area contributed by atoms with Gasteiger partial charge in [0.15, 0.2) is 5.96 Å². The minimum absolute atomic E-state index is 0.177. The number of guanidine groups is 1. The minimum Gasteiger partial charge on any atom is -0.356 e. The first-order valence-corrected chi connectivity index (χ1v) is 10.3. The molecule has 30 heavy (non-hydrogen) atoms. The summed E-state index contributed by atoms with van der Waals surface area (Å²) in [4.78, 5) is 8.75. The van der Waals surface area contributed by atoms with E-state index in [1.807, 2.05) is 17.7 Å². The maximum Gasteiger partial charge on any atom is 0.416 e. The average Bonchev–Trinajstić information content (AvgIpc) is 3.05. The molecule has 1 atom stereocenters. The quantitative estimate of drug-likeness (QED) is 0.589. The molecule has 1 unspecified atom stereocenters. The molecule has 1 aliphatic carbocycles. The Balaban J connectivity index is 1.41. The van der Waals surface area contributed by atoms with Gasteiger partial charge in [-0.2, -0.15) is 18.3 Å². The van der Waals surface area contributed by atoms with Gasteiger partial charge in [-0.25, -0.2) is 9.67 Å². The Kier molecular flexibility index (Phi) is 5.46. The SMILES string of the molecule is CN=C(NCC1(c2cccc(C(F)(F)F)c2)CCC1)NC1CCc2nc(C)nn2C1. The van der Waals surface area contributed by atoms with E-state index in [9.17, 15) is 13.2 Å². The summed E-state index contributed by atoms with van der Waals surface area (Å²) in [7, 11) is 1.71. The van der Waals surface area contributed by atoms with Crippen LogP contribution in [-0.4, -0.2) is 40.4 Å². The molecule has 1 aromatic carbocycles. The van der Waals surface area contributed by atoms with Crippen LogP contribution in [0.5, 0.6) is 0 Å². The summed E-state index contributed by atoms with van der Waals surface area (Å²) in [5.74, 6) is 2.45. The van der Waals surface area contributed by atoms with Crippen LogP contribution in [0.4, 0.5) is 13.2 Å². The van der Waals surface area contributed by atoms with Crippen LogP contribution < -0.4 is 10.6 Å². The van der Waals surface area contributed by atoms with Crippen molar-refractivity contribution in [3.63, 3.8) is 0 Å². The number of fused-ring (bicyclic) bond motifs is 1. The molecule has 0 amide bonds. The molecule has 9 heteroatoms. The van der Waals surface area contributed by atoms with Gasteiger partial charge in [-0.1, -0.05) is 24.6 Å². The first kappa shape index (κ1) is 20.7. The smallest absolute Gasteiger partial charge is 0.356 e. The van der Waals surface area contributed by atoms with Crippen LogP contribution in [0, 0.1) is 6.92 Å². The average molecular weight is 420 g/mol. The lowest BCUT2D eigenvalue weighted by Gasteiger charge is -2.43. The number of nitrogens with zero attached hydrogens (tertiary/aromatic N) is 4. The van der Waals surface area contributed by atoms with Gasteiger partial charge < -0.3 is 10.6 Å². The highest BCUT2D eigenvalue weighted by molar-refractivity contribution is 5.80. The first-order valence-electron chi connectivity index (χ1n) is 10.3. The largest absolute Gasteiger partial charge is 0.416 e. The number of alkyl halides is 3. The van der Waals surface area contributed by atoms with Crippen molar-refractivity contribution in [3.8, 4) is 0 Å². The second-order valence-corrected chi connectivity index (χ2v) is 8.28. The van der Waals surface area contributed by atoms with Gasteiger partial charge in [0.05, 0.1) is 12.1 Å². The second-order valence-electron chi connectivity index (χ2n) is 8.28. The molecule has 0 saturated heterocycles. The predicted octanol–water partition coefficient (Wildman–Crippen LogP) is 3.21. The number of aliphatic imine (C=N–C) groups is 1. The van der Waals surface area contributed by atoms with E-state index >= 15 is 0 Å². The molecule has 2 N–H and O–H groups in total. The van der Waals surface area contributed by atoms with E-state index in [1.165, 1.54) is 12.1 Å². The van der Waals surface area contributed by atoms with E-state index in [4.69, 9.17) is 0 Å². The van der Waals surface area contributed by atoms with Crippen LogP contribution in [0.15, 0.2) is 29.3 Å². The molecule has 0 radical (unpaired) electrons. The van der Waals surface area contributed by atoms with E-state index in [0.717, 1.165) is 61.9 Å². The number of aryl methyl sites for hydroxylation is 2. The third-order valence-corrected chi connectivity index (χ3v) is 6.24. The van der Waals surface area contributed by atoms with Crippen LogP contribution >= 0.6 is 0 Å². The number of hydrogen-bond acceptors (Lipinski definition) is 3. The lowest BCUT2D eigenvalue weighted by molar-refractivity contribution is -0.137. The van der Waals surface area contributed by atoms with Crippen LogP contribution in [0.2, 0.25) is 0 Å². The molecule has 6 nitrogen and oxygen atoms in total. The maximum absolute atomic E-state index is 13.2. The molecule has 0 bridgehead atoms. The lowest BCUT2D eigenvalue weighted by Crippen LogP contribution is -2.52. The number of rotatable bonds is 4. The topological polar surface area (TPSA) is 67.1 Å². The molecule has 2 heterocycles. The van der Waals surface area contributed by atoms with Crippen molar-refractivity contribution in [3.05, 3.63) is 47.0 Å². The number of benzene rings is 1. The lowest BCUT2D eigenvalue weighted by atomic mass is 9.64. The Morgan fingerprint density at radius 3 is 2.80 bits per heavy atom. The van der Waals surface area contributed by atoms with Crippen LogP contribution in [-0.2, 0) is 24.6 Å². The zero-order valence-electron chi connectivity index (χ0n) is 17.3. The van der Waals surface area contributed by atoms with Gasteiger partial charge in [-0.3, -0.25) is 4.99 Å². The number of hydrogen-bond donors (Lipinski definition) is 2. The second kappa shape index (κ2) is 7.92. The molecule has 1 aromatic heterocycles. The summed E-state index contributed by atoms with van der Waals surface area (Å²) in [6.45, 7) is 3.16. The summed E-state index contributed by atoms with van der Waals surface area (Å²) >= 11 is 0. The van der Waals surface area contributed by atoms with Crippen molar-refractivity contribution in [2.45, 2.75) is 63.2 Å². The first-order chi connectivity index (χ1) is 14.3. The van der Waals surface area contributed by atoms with E-state index in [1.54, 1.807) is 7.05 Å². The monoisotopic (exact) mass is 420 g/mol. The van der Waals surface area contributed by atoms with Crippen molar-refractivity contribution >= 4 is 5.96 Å². The van der Waals surface area contributed by atoms with E-state index in [2.05, 4.69) is 25.7 Å². The van der Waals surface area contributed by atoms with Crippen molar-refractivity contribution in [2.75, 3.05) is 13.6 Å². The Morgan fingerprint density at radius 2 is 2.13 bits per heavy atom. The number of aromatic nitrogens is 3. The van der Waals surface area contributed by atoms with Gasteiger partial charge in [-0.05, 0) is 37.8 Å². The Morgan fingerprint density at radius 1 is 1.33 bits per heavy atom. The number of nitrogens with one attached hydrogen (secondary N) is 2. The third-order valence-electron chi connectivity index (χ3n) is 6.24. The molecular formula is C21H27F3N6. The summed E-state index contributed by atoms with van der Waals surface area (Å²) in [5.41, 5.74) is -0.136. The predicted molar refractivity (Wildman–Crippen MR) is 108 cm³/mol. The zero-order valence-corrected chi connectivity index (χ0v) is 17.3. The number of halogens is 3. The summed E-state index contributed by atoms with van der Waals surface area (Å²) < 4.78 is 41.4. The highest BCUT2D eigenvalue weighted by Crippen LogP contribution is 2.44. The normalized spacial score (nSPS) is 21.0. The van der Waals surface area contributed by atoms with Crippen molar-refractivity contribution in [2.24, 2.45) is 4.99 Å². The van der Waals surface area contributed by atoms with Gasteiger partial charge in [-0.15, -0.1) is 0 Å². The fourth-order valence-corrected chi connectivity index (χ4v) is 4.39. The van der Waals surface area contributed by atoms with Crippen LogP contribution in [0.1, 0.15) is 48.5 Å². The molecule has 1 aliphatic heterocycles. The van der Waals surface area contributed by atoms with E-state index in [0.29, 0.717) is 12.5 Å². The summed E-state index contributed by atoms with van der Waals surface area (Å²) in [5, 5.41) is 11.2. The molecule has 2 aliphatic rings. The Bertz CT molecular complexity index is 929. The molecule has 4 rings (SSSR count). The van der Waals surface area contributed by atoms with Gasteiger partial charge in [0, 0.05) is 31.5 Å². The van der Waals surface area contributed by atoms with Crippen molar-refractivity contribution in [1.82, 2.24) is 25.4 Å². The van der Waals surface area contributed by atoms with Gasteiger partial charge in [0.2, 0.25) is 0 Å². The maximum atomic E-state index is 13.2. The third kappa shape index (κ3) is 4.15. The Labute approximate surface area is 174 Å². The van der Waals surface area contributed by atoms with Gasteiger partial charge >= 0.3 is 6.18 Å². The summed E-state index contributed by atoms with van der Waals surface area (Å²) in [6, 6.07) is 5.92. The zero-order chi connectivity index (χ0) is 21.4. The molecule has 1 fully saturated rings. The van der Waals surface area contributed by atoms with Gasteiger partial charge in [0.25, 0.3) is 0 Å². The molecule has 0 spiro atoms. The van der Waals surface area contributed by atoms with Crippen molar-refractivity contribution < 1.29 is 13.2 Å². The molecule has 2 aromatic rings. The van der Waals surface area contributed by atoms with Crippen LogP contribution in [0.3, 0.4) is 0 Å². The fraction of sp³-hybridized carbons (Fsp3) is 0.571.